The van der Waals surface area contributed by atoms with E-state index in [2.05, 4.69) is 17.1 Å². The third-order valence-corrected chi connectivity index (χ3v) is 4.28. The molecule has 0 aliphatic carbocycles. The van der Waals surface area contributed by atoms with E-state index in [9.17, 15) is 0 Å². The van der Waals surface area contributed by atoms with Crippen LogP contribution in [0.2, 0.25) is 0 Å². The lowest BCUT2D eigenvalue weighted by Gasteiger charge is -2.21. The first kappa shape index (κ1) is 24.0. The molecule has 1 heterocycles. The van der Waals surface area contributed by atoms with Crippen LogP contribution in [0, 0.1) is 5.92 Å². The fourth-order valence-electron chi connectivity index (χ4n) is 2.94. The molecule has 6 nitrogen and oxygen atoms in total. The maximum Gasteiger partial charge on any atom is 0.193 e. The molecule has 27 heavy (non-hydrogen) atoms. The van der Waals surface area contributed by atoms with Crippen LogP contribution in [-0.2, 0) is 9.47 Å². The quantitative estimate of drug-likeness (QED) is 0.223. The van der Waals surface area contributed by atoms with Gasteiger partial charge in [-0.3, -0.25) is 4.99 Å². The first-order chi connectivity index (χ1) is 12.8. The predicted molar refractivity (Wildman–Crippen MR) is 120 cm³/mol. The Morgan fingerprint density at radius 3 is 2.78 bits per heavy atom. The second-order valence-corrected chi connectivity index (χ2v) is 6.42. The fourth-order valence-corrected chi connectivity index (χ4v) is 2.94. The lowest BCUT2D eigenvalue weighted by molar-refractivity contribution is 0.0536. The maximum atomic E-state index is 5.72. The van der Waals surface area contributed by atoms with Crippen molar-refractivity contribution in [1.29, 1.82) is 0 Å². The molecule has 1 aliphatic heterocycles. The number of aliphatic imine (C=N–C) groups is 1. The van der Waals surface area contributed by atoms with Gasteiger partial charge in [0.15, 0.2) is 5.96 Å². The van der Waals surface area contributed by atoms with Crippen molar-refractivity contribution in [2.75, 3.05) is 59.7 Å². The number of likely N-dealkylation sites (tertiary alicyclic amines) is 1. The van der Waals surface area contributed by atoms with E-state index in [0.717, 1.165) is 57.3 Å². The van der Waals surface area contributed by atoms with E-state index in [4.69, 9.17) is 19.2 Å². The molecule has 1 unspecified atom stereocenters. The molecule has 0 amide bonds. The van der Waals surface area contributed by atoms with Crippen molar-refractivity contribution >= 4 is 29.9 Å². The molecule has 1 fully saturated rings. The first-order valence-electron chi connectivity index (χ1n) is 9.61. The van der Waals surface area contributed by atoms with Gasteiger partial charge in [0.05, 0.1) is 26.4 Å². The Labute approximate surface area is 180 Å². The van der Waals surface area contributed by atoms with E-state index < -0.39 is 0 Å². The number of halogens is 1. The Balaban J connectivity index is 0.00000364. The molecule has 2 rings (SSSR count). The Morgan fingerprint density at radius 1 is 1.22 bits per heavy atom. The van der Waals surface area contributed by atoms with Gasteiger partial charge in [0, 0.05) is 45.6 Å². The van der Waals surface area contributed by atoms with Gasteiger partial charge in [-0.2, -0.15) is 0 Å². The minimum Gasteiger partial charge on any atom is -0.494 e. The Kier molecular flexibility index (Phi) is 13.3. The molecule has 0 saturated carbocycles. The maximum absolute atomic E-state index is 5.72. The lowest BCUT2D eigenvalue weighted by atomic mass is 10.1. The second-order valence-electron chi connectivity index (χ2n) is 6.42. The molecule has 1 saturated heterocycles. The van der Waals surface area contributed by atoms with Crippen LogP contribution in [0.1, 0.15) is 19.8 Å². The molecule has 1 N–H and O–H groups in total. The number of guanidine groups is 1. The smallest absolute Gasteiger partial charge is 0.193 e. The lowest BCUT2D eigenvalue weighted by Crippen LogP contribution is -2.40. The van der Waals surface area contributed by atoms with Gasteiger partial charge in [0.2, 0.25) is 0 Å². The predicted octanol–water partition coefficient (Wildman–Crippen LogP) is 3.02. The van der Waals surface area contributed by atoms with Crippen molar-refractivity contribution in [3.05, 3.63) is 30.3 Å². The SMILES string of the molecule is CCNC(=NCCCOc1ccccc1)N1CCC(COCCOC)C1.I. The molecule has 1 atom stereocenters. The number of ether oxygens (including phenoxy) is 3. The standard InChI is InChI=1S/C20H33N3O3.HI/c1-3-21-20(22-11-7-13-26-19-8-5-4-6-9-19)23-12-10-18(16-23)17-25-15-14-24-2;/h4-6,8-9,18H,3,7,10-17H2,1-2H3,(H,21,22);1H. The zero-order valence-corrected chi connectivity index (χ0v) is 18.9. The molecule has 1 aliphatic rings. The molecule has 7 heteroatoms. The highest BCUT2D eigenvalue weighted by Gasteiger charge is 2.24. The molecule has 1 aromatic rings. The number of hydrogen-bond acceptors (Lipinski definition) is 4. The van der Waals surface area contributed by atoms with Gasteiger partial charge in [-0.15, -0.1) is 24.0 Å². The minimum atomic E-state index is 0. The summed E-state index contributed by atoms with van der Waals surface area (Å²) >= 11 is 0. The van der Waals surface area contributed by atoms with E-state index in [1.54, 1.807) is 7.11 Å². The van der Waals surface area contributed by atoms with Gasteiger partial charge < -0.3 is 24.4 Å². The number of nitrogens with one attached hydrogen (secondary N) is 1. The Morgan fingerprint density at radius 2 is 2.04 bits per heavy atom. The summed E-state index contributed by atoms with van der Waals surface area (Å²) in [5.41, 5.74) is 0. The molecule has 1 aromatic carbocycles. The van der Waals surface area contributed by atoms with Crippen molar-refractivity contribution in [3.8, 4) is 5.75 Å². The molecule has 154 valence electrons. The largest absolute Gasteiger partial charge is 0.494 e. The molecular weight excluding hydrogens is 457 g/mol. The zero-order chi connectivity index (χ0) is 18.5. The summed E-state index contributed by atoms with van der Waals surface area (Å²) in [6.45, 7) is 8.59. The highest BCUT2D eigenvalue weighted by atomic mass is 127. The summed E-state index contributed by atoms with van der Waals surface area (Å²) in [5, 5.41) is 3.40. The van der Waals surface area contributed by atoms with Crippen molar-refractivity contribution in [2.24, 2.45) is 10.9 Å². The van der Waals surface area contributed by atoms with Gasteiger partial charge in [0.25, 0.3) is 0 Å². The molecule has 0 spiro atoms. The van der Waals surface area contributed by atoms with Crippen LogP contribution >= 0.6 is 24.0 Å². The van der Waals surface area contributed by atoms with Crippen molar-refractivity contribution in [1.82, 2.24) is 10.2 Å². The molecule has 0 radical (unpaired) electrons. The van der Waals surface area contributed by atoms with Crippen molar-refractivity contribution in [2.45, 2.75) is 19.8 Å². The Bertz CT molecular complexity index is 516. The summed E-state index contributed by atoms with van der Waals surface area (Å²) in [6.07, 6.45) is 2.05. The number of methoxy groups -OCH3 is 1. The van der Waals surface area contributed by atoms with Gasteiger partial charge in [-0.05, 0) is 25.5 Å². The third-order valence-electron chi connectivity index (χ3n) is 4.28. The normalized spacial score (nSPS) is 16.9. The van der Waals surface area contributed by atoms with Crippen LogP contribution in [0.3, 0.4) is 0 Å². The molecule has 0 bridgehead atoms. The van der Waals surface area contributed by atoms with Crippen molar-refractivity contribution in [3.63, 3.8) is 0 Å². The van der Waals surface area contributed by atoms with Gasteiger partial charge in [-0.25, -0.2) is 0 Å². The highest BCUT2D eigenvalue weighted by Crippen LogP contribution is 2.16. The van der Waals surface area contributed by atoms with Crippen LogP contribution < -0.4 is 10.1 Å². The highest BCUT2D eigenvalue weighted by molar-refractivity contribution is 14.0. The molecular formula is C20H34IN3O3. The summed E-state index contributed by atoms with van der Waals surface area (Å²) in [4.78, 5) is 7.10. The van der Waals surface area contributed by atoms with Crippen LogP contribution in [0.15, 0.2) is 35.3 Å². The van der Waals surface area contributed by atoms with E-state index in [-0.39, 0.29) is 24.0 Å². The Hall–Kier alpha value is -1.06. The summed E-state index contributed by atoms with van der Waals surface area (Å²) < 4.78 is 16.4. The number of benzene rings is 1. The van der Waals surface area contributed by atoms with Crippen molar-refractivity contribution < 1.29 is 14.2 Å². The number of nitrogens with zero attached hydrogens (tertiary/aromatic N) is 2. The van der Waals surface area contributed by atoms with E-state index in [0.29, 0.717) is 25.7 Å². The minimum absolute atomic E-state index is 0. The van der Waals surface area contributed by atoms with Crippen LogP contribution in [-0.4, -0.2) is 70.6 Å². The summed E-state index contributed by atoms with van der Waals surface area (Å²) in [7, 11) is 1.70. The third kappa shape index (κ3) is 9.62. The fraction of sp³-hybridized carbons (Fsp3) is 0.650. The molecule has 0 aromatic heterocycles. The zero-order valence-electron chi connectivity index (χ0n) is 16.6. The van der Waals surface area contributed by atoms with E-state index >= 15 is 0 Å². The van der Waals surface area contributed by atoms with Crippen LogP contribution in [0.4, 0.5) is 0 Å². The average molecular weight is 491 g/mol. The number of para-hydroxylation sites is 1. The number of hydrogen-bond donors (Lipinski definition) is 1. The monoisotopic (exact) mass is 491 g/mol. The van der Waals surface area contributed by atoms with Gasteiger partial charge >= 0.3 is 0 Å². The second kappa shape index (κ2) is 14.9. The summed E-state index contributed by atoms with van der Waals surface area (Å²) in [6, 6.07) is 9.92. The van der Waals surface area contributed by atoms with Gasteiger partial charge in [-0.1, -0.05) is 18.2 Å². The van der Waals surface area contributed by atoms with Crippen LogP contribution in [0.5, 0.6) is 5.75 Å². The average Bonchev–Trinajstić information content (AvgIpc) is 3.14. The van der Waals surface area contributed by atoms with E-state index in [1.807, 2.05) is 30.3 Å². The van der Waals surface area contributed by atoms with Crippen LogP contribution in [0.25, 0.3) is 0 Å². The summed E-state index contributed by atoms with van der Waals surface area (Å²) in [5.74, 6) is 2.49. The first-order valence-corrected chi connectivity index (χ1v) is 9.61. The van der Waals surface area contributed by atoms with Gasteiger partial charge in [0.1, 0.15) is 5.75 Å². The van der Waals surface area contributed by atoms with E-state index in [1.165, 1.54) is 0 Å². The number of rotatable bonds is 11. The topological polar surface area (TPSA) is 55.3 Å².